The normalized spacial score (nSPS) is 15.9. The first kappa shape index (κ1) is 16.8. The molecule has 22 heavy (non-hydrogen) atoms. The summed E-state index contributed by atoms with van der Waals surface area (Å²) < 4.78 is 5.26. The van der Waals surface area contributed by atoms with Gasteiger partial charge in [0.1, 0.15) is 11.6 Å². The van der Waals surface area contributed by atoms with Crippen LogP contribution in [0.25, 0.3) is 10.9 Å². The van der Waals surface area contributed by atoms with Gasteiger partial charge in [-0.25, -0.2) is 4.98 Å². The van der Waals surface area contributed by atoms with Crippen molar-refractivity contribution in [1.29, 1.82) is 0 Å². The first-order valence-corrected chi connectivity index (χ1v) is 7.61. The zero-order valence-corrected chi connectivity index (χ0v) is 14.3. The molecule has 1 aromatic heterocycles. The van der Waals surface area contributed by atoms with Crippen LogP contribution in [0.15, 0.2) is 30.3 Å². The van der Waals surface area contributed by atoms with Gasteiger partial charge in [0.2, 0.25) is 0 Å². The summed E-state index contributed by atoms with van der Waals surface area (Å²) in [6.07, 6.45) is 0. The topological polar surface area (TPSA) is 28.6 Å². The van der Waals surface area contributed by atoms with Gasteiger partial charge in [0, 0.05) is 37.6 Å². The minimum absolute atomic E-state index is 0. The molecule has 4 nitrogen and oxygen atoms in total. The Morgan fingerprint density at radius 3 is 2.41 bits per heavy atom. The van der Waals surface area contributed by atoms with Gasteiger partial charge in [0.25, 0.3) is 0 Å². The van der Waals surface area contributed by atoms with E-state index in [9.17, 15) is 0 Å². The second-order valence-electron chi connectivity index (χ2n) is 5.84. The van der Waals surface area contributed by atoms with E-state index in [2.05, 4.69) is 35.8 Å². The summed E-state index contributed by atoms with van der Waals surface area (Å²) in [7, 11) is 1.69. The van der Waals surface area contributed by atoms with Gasteiger partial charge in [-0.2, -0.15) is 0 Å². The van der Waals surface area contributed by atoms with Crippen LogP contribution in [-0.4, -0.2) is 49.2 Å². The first-order valence-electron chi connectivity index (χ1n) is 7.61. The fourth-order valence-corrected chi connectivity index (χ4v) is 2.86. The fraction of sp³-hybridized carbons (Fsp3) is 0.471. The summed E-state index contributed by atoms with van der Waals surface area (Å²) in [5.41, 5.74) is 1.03. The third-order valence-electron chi connectivity index (χ3n) is 4.25. The predicted molar refractivity (Wildman–Crippen MR) is 94.5 cm³/mol. The molecule has 1 fully saturated rings. The maximum Gasteiger partial charge on any atom is 0.129 e. The molecule has 1 aliphatic rings. The summed E-state index contributed by atoms with van der Waals surface area (Å²) in [4.78, 5) is 9.69. The Hall–Kier alpha value is -1.52. The summed E-state index contributed by atoms with van der Waals surface area (Å²) in [6, 6.07) is 10.9. The zero-order chi connectivity index (χ0) is 14.8. The highest BCUT2D eigenvalue weighted by molar-refractivity contribution is 5.85. The second-order valence-corrected chi connectivity index (χ2v) is 5.84. The van der Waals surface area contributed by atoms with Gasteiger partial charge in [-0.15, -0.1) is 12.4 Å². The number of fused-ring (bicyclic) bond motifs is 1. The zero-order valence-electron chi connectivity index (χ0n) is 13.5. The third-order valence-corrected chi connectivity index (χ3v) is 4.25. The number of rotatable bonds is 3. The van der Waals surface area contributed by atoms with E-state index in [4.69, 9.17) is 9.72 Å². The van der Waals surface area contributed by atoms with Gasteiger partial charge in [-0.05, 0) is 44.2 Å². The summed E-state index contributed by atoms with van der Waals surface area (Å²) in [5, 5.41) is 1.12. The Balaban J connectivity index is 0.00000176. The molecule has 1 aromatic carbocycles. The minimum Gasteiger partial charge on any atom is -0.497 e. The minimum atomic E-state index is 0. The molecule has 1 aliphatic heterocycles. The van der Waals surface area contributed by atoms with Crippen molar-refractivity contribution in [3.05, 3.63) is 30.3 Å². The predicted octanol–water partition coefficient (Wildman–Crippen LogP) is 3.20. The van der Waals surface area contributed by atoms with Gasteiger partial charge < -0.3 is 9.64 Å². The Labute approximate surface area is 138 Å². The third kappa shape index (κ3) is 3.45. The number of hydrogen-bond donors (Lipinski definition) is 0. The highest BCUT2D eigenvalue weighted by Gasteiger charge is 2.19. The molecular formula is C17H24ClN3O. The molecular weight excluding hydrogens is 298 g/mol. The number of halogens is 1. The largest absolute Gasteiger partial charge is 0.497 e. The summed E-state index contributed by atoms with van der Waals surface area (Å²) >= 11 is 0. The van der Waals surface area contributed by atoms with Gasteiger partial charge in [0.05, 0.1) is 12.6 Å². The van der Waals surface area contributed by atoms with Crippen molar-refractivity contribution in [3.8, 4) is 5.75 Å². The molecule has 0 bridgehead atoms. The molecule has 3 rings (SSSR count). The molecule has 0 amide bonds. The van der Waals surface area contributed by atoms with Crippen LogP contribution in [0.2, 0.25) is 0 Å². The lowest BCUT2D eigenvalue weighted by Crippen LogP contribution is -2.49. The van der Waals surface area contributed by atoms with Gasteiger partial charge >= 0.3 is 0 Å². The quantitative estimate of drug-likeness (QED) is 0.868. The Bertz CT molecular complexity index is 624. The van der Waals surface area contributed by atoms with Crippen molar-refractivity contribution in [2.24, 2.45) is 0 Å². The number of nitrogens with zero attached hydrogens (tertiary/aromatic N) is 3. The lowest BCUT2D eigenvalue weighted by Gasteiger charge is -2.37. The van der Waals surface area contributed by atoms with Crippen molar-refractivity contribution in [3.63, 3.8) is 0 Å². The van der Waals surface area contributed by atoms with E-state index in [1.807, 2.05) is 18.2 Å². The molecule has 2 aromatic rings. The standard InChI is InChI=1S/C17H23N3O.ClH/c1-13(2)19-8-10-20(11-9-19)17-7-4-14-12-15(21-3)5-6-16(14)18-17;/h4-7,12-13H,8-11H2,1-3H3;1H. The van der Waals surface area contributed by atoms with Gasteiger partial charge in [-0.3, -0.25) is 4.90 Å². The van der Waals surface area contributed by atoms with Gasteiger partial charge in [-0.1, -0.05) is 0 Å². The molecule has 0 atom stereocenters. The van der Waals surface area contributed by atoms with Crippen LogP contribution in [0.4, 0.5) is 5.82 Å². The van der Waals surface area contributed by atoms with E-state index in [1.54, 1.807) is 7.11 Å². The maximum atomic E-state index is 5.26. The van der Waals surface area contributed by atoms with Crippen molar-refractivity contribution in [1.82, 2.24) is 9.88 Å². The molecule has 0 unspecified atom stereocenters. The van der Waals surface area contributed by atoms with Crippen LogP contribution in [-0.2, 0) is 0 Å². The summed E-state index contributed by atoms with van der Waals surface area (Å²) in [5.74, 6) is 1.96. The van der Waals surface area contributed by atoms with Crippen LogP contribution in [0.1, 0.15) is 13.8 Å². The number of methoxy groups -OCH3 is 1. The lowest BCUT2D eigenvalue weighted by molar-refractivity contribution is 0.209. The maximum absolute atomic E-state index is 5.26. The monoisotopic (exact) mass is 321 g/mol. The Morgan fingerprint density at radius 1 is 1.05 bits per heavy atom. The van der Waals surface area contributed by atoms with Crippen molar-refractivity contribution < 1.29 is 4.74 Å². The van der Waals surface area contributed by atoms with Gasteiger partial charge in [0.15, 0.2) is 0 Å². The number of anilines is 1. The SMILES string of the molecule is COc1ccc2nc(N3CCN(C(C)C)CC3)ccc2c1.Cl. The van der Waals surface area contributed by atoms with Crippen LogP contribution >= 0.6 is 12.4 Å². The van der Waals surface area contributed by atoms with E-state index in [1.165, 1.54) is 0 Å². The Kier molecular flexibility index (Phi) is 5.48. The van der Waals surface area contributed by atoms with Crippen LogP contribution in [0, 0.1) is 0 Å². The first-order chi connectivity index (χ1) is 10.2. The number of ether oxygens (including phenoxy) is 1. The molecule has 0 aliphatic carbocycles. The molecule has 1 saturated heterocycles. The lowest BCUT2D eigenvalue weighted by atomic mass is 10.2. The van der Waals surface area contributed by atoms with Crippen LogP contribution < -0.4 is 9.64 Å². The van der Waals surface area contributed by atoms with Crippen LogP contribution in [0.5, 0.6) is 5.75 Å². The molecule has 0 saturated carbocycles. The van der Waals surface area contributed by atoms with E-state index in [0.717, 1.165) is 48.6 Å². The Morgan fingerprint density at radius 2 is 1.77 bits per heavy atom. The van der Waals surface area contributed by atoms with Crippen LogP contribution in [0.3, 0.4) is 0 Å². The summed E-state index contributed by atoms with van der Waals surface area (Å²) in [6.45, 7) is 8.84. The molecule has 0 N–H and O–H groups in total. The second kappa shape index (κ2) is 7.16. The number of piperazine rings is 1. The number of benzene rings is 1. The molecule has 0 spiro atoms. The van der Waals surface area contributed by atoms with Crippen molar-refractivity contribution in [2.45, 2.75) is 19.9 Å². The van der Waals surface area contributed by atoms with E-state index in [0.29, 0.717) is 6.04 Å². The number of pyridine rings is 1. The number of hydrogen-bond acceptors (Lipinski definition) is 4. The highest BCUT2D eigenvalue weighted by Crippen LogP contribution is 2.23. The fourth-order valence-electron chi connectivity index (χ4n) is 2.86. The van der Waals surface area contributed by atoms with E-state index >= 15 is 0 Å². The van der Waals surface area contributed by atoms with Crippen molar-refractivity contribution in [2.75, 3.05) is 38.2 Å². The molecule has 2 heterocycles. The molecule has 5 heteroatoms. The highest BCUT2D eigenvalue weighted by atomic mass is 35.5. The number of aromatic nitrogens is 1. The molecule has 120 valence electrons. The average molecular weight is 322 g/mol. The average Bonchev–Trinajstić information content (AvgIpc) is 2.54. The smallest absolute Gasteiger partial charge is 0.129 e. The van der Waals surface area contributed by atoms with E-state index < -0.39 is 0 Å². The molecule has 0 radical (unpaired) electrons. The van der Waals surface area contributed by atoms with E-state index in [-0.39, 0.29) is 12.4 Å². The van der Waals surface area contributed by atoms with Crippen molar-refractivity contribution >= 4 is 29.1 Å².